The summed E-state index contributed by atoms with van der Waals surface area (Å²) in [5, 5.41) is 7.17. The molecule has 4 rings (SSSR count). The maximum atomic E-state index is 13.8. The Balaban J connectivity index is 1.43. The van der Waals surface area contributed by atoms with Crippen molar-refractivity contribution in [1.82, 2.24) is 9.78 Å². The molecule has 32 heavy (non-hydrogen) atoms. The van der Waals surface area contributed by atoms with Crippen LogP contribution in [-0.4, -0.2) is 15.7 Å². The number of amides is 1. The van der Waals surface area contributed by atoms with Crippen molar-refractivity contribution in [3.8, 4) is 5.75 Å². The third-order valence-electron chi connectivity index (χ3n) is 4.67. The summed E-state index contributed by atoms with van der Waals surface area (Å²) in [5.74, 6) is -1.99. The minimum Gasteiger partial charge on any atom is -0.489 e. The molecule has 0 saturated carbocycles. The van der Waals surface area contributed by atoms with E-state index in [1.165, 1.54) is 12.1 Å². The molecule has 1 N–H and O–H groups in total. The van der Waals surface area contributed by atoms with Gasteiger partial charge in [0.05, 0.1) is 6.54 Å². The van der Waals surface area contributed by atoms with Gasteiger partial charge in [-0.15, -0.1) is 0 Å². The molecule has 5 nitrogen and oxygen atoms in total. The van der Waals surface area contributed by atoms with Crippen LogP contribution in [0.25, 0.3) is 0 Å². The topological polar surface area (TPSA) is 56.2 Å². The second kappa shape index (κ2) is 9.62. The summed E-state index contributed by atoms with van der Waals surface area (Å²) in [5.41, 5.74) is 1.15. The van der Waals surface area contributed by atoms with E-state index in [1.54, 1.807) is 23.0 Å². The Bertz CT molecular complexity index is 1220. The lowest BCUT2D eigenvalue weighted by Gasteiger charge is -2.10. The number of halogens is 3. The van der Waals surface area contributed by atoms with E-state index in [2.05, 4.69) is 10.4 Å². The first kappa shape index (κ1) is 21.5. The largest absolute Gasteiger partial charge is 0.489 e. The molecule has 162 valence electrons. The van der Waals surface area contributed by atoms with Gasteiger partial charge in [0, 0.05) is 17.3 Å². The predicted octanol–water partition coefficient (Wildman–Crippen LogP) is 5.69. The Kier molecular flexibility index (Phi) is 6.47. The number of rotatable bonds is 7. The van der Waals surface area contributed by atoms with Crippen LogP contribution >= 0.6 is 11.6 Å². The van der Waals surface area contributed by atoms with E-state index in [-0.39, 0.29) is 5.82 Å². The number of carbonyl (C=O) groups excluding carboxylic acids is 1. The molecule has 3 aromatic carbocycles. The van der Waals surface area contributed by atoms with Crippen molar-refractivity contribution in [2.75, 3.05) is 5.32 Å². The van der Waals surface area contributed by atoms with Gasteiger partial charge in [-0.3, -0.25) is 9.48 Å². The quantitative estimate of drug-likeness (QED) is 0.391. The first-order valence-corrected chi connectivity index (χ1v) is 10.1. The van der Waals surface area contributed by atoms with Gasteiger partial charge >= 0.3 is 0 Å². The molecular formula is C24H18ClF2N3O2. The van der Waals surface area contributed by atoms with Gasteiger partial charge in [-0.2, -0.15) is 5.10 Å². The minimum absolute atomic E-state index is 0.158. The number of carbonyl (C=O) groups is 1. The zero-order valence-corrected chi connectivity index (χ0v) is 17.5. The molecule has 0 unspecified atom stereocenters. The standard InChI is InChI=1S/C24H18ClF2N3O2/c25-19-10-9-18(32-15-16-5-2-1-3-6-16)13-17(19)14-30-12-11-22(29-30)28-24(31)23-20(26)7-4-8-21(23)27/h1-13H,14-15H2,(H,28,29,31). The monoisotopic (exact) mass is 453 g/mol. The van der Waals surface area contributed by atoms with Crippen molar-refractivity contribution in [2.24, 2.45) is 0 Å². The number of anilines is 1. The molecule has 8 heteroatoms. The maximum Gasteiger partial charge on any atom is 0.262 e. The van der Waals surface area contributed by atoms with Crippen molar-refractivity contribution in [1.29, 1.82) is 0 Å². The number of nitrogens with one attached hydrogen (secondary N) is 1. The predicted molar refractivity (Wildman–Crippen MR) is 118 cm³/mol. The summed E-state index contributed by atoms with van der Waals surface area (Å²) in [6.45, 7) is 0.734. The third kappa shape index (κ3) is 5.12. The summed E-state index contributed by atoms with van der Waals surface area (Å²) in [7, 11) is 0. The van der Waals surface area contributed by atoms with E-state index in [1.807, 2.05) is 36.4 Å². The molecule has 1 aromatic heterocycles. The van der Waals surface area contributed by atoms with Crippen LogP contribution < -0.4 is 10.1 Å². The number of nitrogens with zero attached hydrogens (tertiary/aromatic N) is 2. The average molecular weight is 454 g/mol. The van der Waals surface area contributed by atoms with Crippen LogP contribution in [-0.2, 0) is 13.2 Å². The zero-order chi connectivity index (χ0) is 22.5. The number of benzene rings is 3. The Labute approximate surface area is 188 Å². The van der Waals surface area contributed by atoms with Gasteiger partial charge in [-0.05, 0) is 41.5 Å². The molecular weight excluding hydrogens is 436 g/mol. The van der Waals surface area contributed by atoms with Crippen molar-refractivity contribution in [2.45, 2.75) is 13.2 Å². The summed E-state index contributed by atoms with van der Waals surface area (Å²) in [6.07, 6.45) is 1.63. The normalized spacial score (nSPS) is 10.7. The van der Waals surface area contributed by atoms with Gasteiger partial charge in [0.15, 0.2) is 5.82 Å². The minimum atomic E-state index is -0.943. The van der Waals surface area contributed by atoms with Crippen LogP contribution in [0.5, 0.6) is 5.75 Å². The summed E-state index contributed by atoms with van der Waals surface area (Å²) in [4.78, 5) is 12.2. The highest BCUT2D eigenvalue weighted by Crippen LogP contribution is 2.24. The highest BCUT2D eigenvalue weighted by molar-refractivity contribution is 6.31. The van der Waals surface area contributed by atoms with Crippen molar-refractivity contribution in [3.05, 3.63) is 112 Å². The molecule has 0 aliphatic heterocycles. The fourth-order valence-electron chi connectivity index (χ4n) is 3.09. The van der Waals surface area contributed by atoms with E-state index < -0.39 is 23.1 Å². The average Bonchev–Trinajstić information content (AvgIpc) is 3.21. The second-order valence-corrected chi connectivity index (χ2v) is 7.38. The Hall–Kier alpha value is -3.71. The Morgan fingerprint density at radius 2 is 1.75 bits per heavy atom. The molecule has 1 amide bonds. The van der Waals surface area contributed by atoms with Crippen molar-refractivity contribution >= 4 is 23.3 Å². The Morgan fingerprint density at radius 1 is 1.00 bits per heavy atom. The van der Waals surface area contributed by atoms with Crippen LogP contribution in [0.1, 0.15) is 21.5 Å². The fraction of sp³-hybridized carbons (Fsp3) is 0.0833. The molecule has 0 fully saturated rings. The molecule has 0 bridgehead atoms. The van der Waals surface area contributed by atoms with E-state index in [9.17, 15) is 13.6 Å². The van der Waals surface area contributed by atoms with Gasteiger partial charge in [-0.1, -0.05) is 48.0 Å². The number of hydrogen-bond acceptors (Lipinski definition) is 3. The summed E-state index contributed by atoms with van der Waals surface area (Å²) < 4.78 is 35.0. The molecule has 0 saturated heterocycles. The van der Waals surface area contributed by atoms with E-state index in [0.717, 1.165) is 23.3 Å². The molecule has 0 aliphatic carbocycles. The number of aromatic nitrogens is 2. The lowest BCUT2D eigenvalue weighted by Crippen LogP contribution is -2.16. The second-order valence-electron chi connectivity index (χ2n) is 6.98. The molecule has 4 aromatic rings. The van der Waals surface area contributed by atoms with Crippen molar-refractivity contribution in [3.63, 3.8) is 0 Å². The van der Waals surface area contributed by atoms with Gasteiger partial charge in [0.2, 0.25) is 0 Å². The van der Waals surface area contributed by atoms with Crippen LogP contribution in [0.3, 0.4) is 0 Å². The fourth-order valence-corrected chi connectivity index (χ4v) is 3.26. The van der Waals surface area contributed by atoms with Crippen LogP contribution in [0.2, 0.25) is 5.02 Å². The molecule has 0 radical (unpaired) electrons. The Morgan fingerprint density at radius 3 is 2.50 bits per heavy atom. The lowest BCUT2D eigenvalue weighted by atomic mass is 10.2. The van der Waals surface area contributed by atoms with Crippen LogP contribution in [0, 0.1) is 11.6 Å². The molecule has 0 atom stereocenters. The number of hydrogen-bond donors (Lipinski definition) is 1. The molecule has 1 heterocycles. The maximum absolute atomic E-state index is 13.8. The van der Waals surface area contributed by atoms with Gasteiger partial charge in [0.25, 0.3) is 5.91 Å². The van der Waals surface area contributed by atoms with Crippen LogP contribution in [0.4, 0.5) is 14.6 Å². The highest BCUT2D eigenvalue weighted by Gasteiger charge is 2.18. The lowest BCUT2D eigenvalue weighted by molar-refractivity contribution is 0.101. The SMILES string of the molecule is O=C(Nc1ccn(Cc2cc(OCc3ccccc3)ccc2Cl)n1)c1c(F)cccc1F. The van der Waals surface area contributed by atoms with Gasteiger partial charge in [-0.25, -0.2) is 8.78 Å². The summed E-state index contributed by atoms with van der Waals surface area (Å²) in [6, 6.07) is 19.9. The van der Waals surface area contributed by atoms with Crippen LogP contribution in [0.15, 0.2) is 79.0 Å². The van der Waals surface area contributed by atoms with E-state index in [0.29, 0.717) is 23.9 Å². The first-order valence-electron chi connectivity index (χ1n) is 9.73. The van der Waals surface area contributed by atoms with Gasteiger partial charge < -0.3 is 10.1 Å². The first-order chi connectivity index (χ1) is 15.5. The smallest absolute Gasteiger partial charge is 0.262 e. The highest BCUT2D eigenvalue weighted by atomic mass is 35.5. The van der Waals surface area contributed by atoms with Crippen molar-refractivity contribution < 1.29 is 18.3 Å². The van der Waals surface area contributed by atoms with E-state index >= 15 is 0 Å². The zero-order valence-electron chi connectivity index (χ0n) is 16.8. The van der Waals surface area contributed by atoms with Gasteiger partial charge in [0.1, 0.15) is 29.6 Å². The van der Waals surface area contributed by atoms with E-state index in [4.69, 9.17) is 16.3 Å². The summed E-state index contributed by atoms with van der Waals surface area (Å²) >= 11 is 6.32. The third-order valence-corrected chi connectivity index (χ3v) is 5.04. The molecule has 0 aliphatic rings. The number of ether oxygens (including phenoxy) is 1. The molecule has 0 spiro atoms.